The molecule has 0 spiro atoms. The van der Waals surface area contributed by atoms with Crippen LogP contribution >= 0.6 is 0 Å². The Hall–Kier alpha value is -1.61. The summed E-state index contributed by atoms with van der Waals surface area (Å²) in [5.41, 5.74) is 6.65. The fourth-order valence-electron chi connectivity index (χ4n) is 1.94. The van der Waals surface area contributed by atoms with Gasteiger partial charge in [-0.25, -0.2) is 0 Å². The number of benzene rings is 1. The van der Waals surface area contributed by atoms with Crippen molar-refractivity contribution in [2.24, 2.45) is 5.73 Å². The monoisotopic (exact) mass is 244 g/mol. The molecule has 0 aliphatic rings. The fraction of sp³-hybridized carbons (Fsp3) is 0.400. The highest BCUT2D eigenvalue weighted by atomic mass is 16.5. The molecule has 3 heteroatoms. The molecule has 1 aromatic carbocycles. The molecule has 96 valence electrons. The quantitative estimate of drug-likeness (QED) is 0.794. The summed E-state index contributed by atoms with van der Waals surface area (Å²) in [5, 5.41) is 1.12. The van der Waals surface area contributed by atoms with E-state index in [-0.39, 0.29) is 6.04 Å². The summed E-state index contributed by atoms with van der Waals surface area (Å²) >= 11 is 0. The van der Waals surface area contributed by atoms with Gasteiger partial charge in [0, 0.05) is 17.6 Å². The van der Waals surface area contributed by atoms with Gasteiger partial charge in [-0.15, -0.1) is 0 Å². The minimum absolute atomic E-state index is 0.282. The number of aromatic nitrogens is 1. The van der Waals surface area contributed by atoms with Gasteiger partial charge in [-0.1, -0.05) is 18.2 Å². The first-order chi connectivity index (χ1) is 8.77. The van der Waals surface area contributed by atoms with Crippen LogP contribution in [0.3, 0.4) is 0 Å². The average molecular weight is 244 g/mol. The Bertz CT molecular complexity index is 491. The van der Waals surface area contributed by atoms with Crippen molar-refractivity contribution in [3.05, 3.63) is 36.5 Å². The van der Waals surface area contributed by atoms with Crippen molar-refractivity contribution in [3.8, 4) is 5.75 Å². The summed E-state index contributed by atoms with van der Waals surface area (Å²) in [5.74, 6) is 0.869. The molecule has 1 heterocycles. The van der Waals surface area contributed by atoms with E-state index in [1.165, 1.54) is 0 Å². The molecule has 2 N–H and O–H groups in total. The van der Waals surface area contributed by atoms with E-state index < -0.39 is 0 Å². The molecule has 0 amide bonds. The molecular weight excluding hydrogens is 224 g/mol. The van der Waals surface area contributed by atoms with Gasteiger partial charge < -0.3 is 10.5 Å². The van der Waals surface area contributed by atoms with Gasteiger partial charge in [0.05, 0.1) is 6.61 Å². The smallest absolute Gasteiger partial charge is 0.145 e. The van der Waals surface area contributed by atoms with E-state index in [1.807, 2.05) is 37.3 Å². The summed E-state index contributed by atoms with van der Waals surface area (Å²) in [6.07, 6.45) is 4.99. The van der Waals surface area contributed by atoms with Gasteiger partial charge >= 0.3 is 0 Å². The van der Waals surface area contributed by atoms with Gasteiger partial charge in [0.15, 0.2) is 0 Å². The number of nitrogens with zero attached hydrogens (tertiary/aromatic N) is 1. The van der Waals surface area contributed by atoms with Crippen molar-refractivity contribution >= 4 is 10.9 Å². The first-order valence-electron chi connectivity index (χ1n) is 6.49. The van der Waals surface area contributed by atoms with Crippen molar-refractivity contribution in [2.45, 2.75) is 32.2 Å². The number of nitrogens with two attached hydrogens (primary N) is 1. The van der Waals surface area contributed by atoms with E-state index in [0.717, 1.165) is 42.5 Å². The van der Waals surface area contributed by atoms with E-state index in [4.69, 9.17) is 10.5 Å². The van der Waals surface area contributed by atoms with Gasteiger partial charge in [0.2, 0.25) is 0 Å². The van der Waals surface area contributed by atoms with Crippen LogP contribution in [0.5, 0.6) is 5.75 Å². The number of para-hydroxylation sites is 1. The molecule has 1 atom stereocenters. The van der Waals surface area contributed by atoms with Crippen LogP contribution in [0.1, 0.15) is 26.2 Å². The lowest BCUT2D eigenvalue weighted by Crippen LogP contribution is -2.14. The molecule has 0 saturated heterocycles. The third-order valence-electron chi connectivity index (χ3n) is 2.91. The third kappa shape index (κ3) is 3.44. The zero-order chi connectivity index (χ0) is 12.8. The molecule has 0 aliphatic carbocycles. The normalized spacial score (nSPS) is 12.6. The van der Waals surface area contributed by atoms with E-state index in [1.54, 1.807) is 6.20 Å². The van der Waals surface area contributed by atoms with Crippen molar-refractivity contribution in [2.75, 3.05) is 6.61 Å². The Kier molecular flexibility index (Phi) is 4.53. The molecule has 2 aromatic rings. The highest BCUT2D eigenvalue weighted by molar-refractivity contribution is 5.84. The van der Waals surface area contributed by atoms with Crippen molar-refractivity contribution in [3.63, 3.8) is 0 Å². The lowest BCUT2D eigenvalue weighted by Gasteiger charge is -2.09. The lowest BCUT2D eigenvalue weighted by molar-refractivity contribution is 0.306. The zero-order valence-corrected chi connectivity index (χ0v) is 10.8. The predicted octanol–water partition coefficient (Wildman–Crippen LogP) is 3.13. The first-order valence-corrected chi connectivity index (χ1v) is 6.49. The Morgan fingerprint density at radius 1 is 1.22 bits per heavy atom. The third-order valence-corrected chi connectivity index (χ3v) is 2.91. The summed E-state index contributed by atoms with van der Waals surface area (Å²) in [6.45, 7) is 2.76. The largest absolute Gasteiger partial charge is 0.491 e. The molecular formula is C15H20N2O. The number of ether oxygens (including phenoxy) is 1. The van der Waals surface area contributed by atoms with Crippen LogP contribution in [0.4, 0.5) is 0 Å². The number of unbranched alkanes of at least 4 members (excludes halogenated alkanes) is 1. The highest BCUT2D eigenvalue weighted by Crippen LogP contribution is 2.23. The van der Waals surface area contributed by atoms with Crippen LogP contribution in [0.2, 0.25) is 0 Å². The maximum absolute atomic E-state index is 5.80. The maximum atomic E-state index is 5.80. The molecule has 0 radical (unpaired) electrons. The van der Waals surface area contributed by atoms with E-state index in [9.17, 15) is 0 Å². The summed E-state index contributed by atoms with van der Waals surface area (Å²) < 4.78 is 5.80. The van der Waals surface area contributed by atoms with Crippen LogP contribution in [0.15, 0.2) is 36.5 Å². The molecule has 2 rings (SSSR count). The van der Waals surface area contributed by atoms with E-state index in [0.29, 0.717) is 0 Å². The second-order valence-electron chi connectivity index (χ2n) is 4.65. The minimum Gasteiger partial charge on any atom is -0.491 e. The number of fused-ring (bicyclic) bond motifs is 1. The first kappa shape index (κ1) is 12.8. The number of pyridine rings is 1. The van der Waals surface area contributed by atoms with Gasteiger partial charge in [-0.3, -0.25) is 4.98 Å². The number of hydrogen-bond acceptors (Lipinski definition) is 3. The van der Waals surface area contributed by atoms with Gasteiger partial charge in [-0.2, -0.15) is 0 Å². The van der Waals surface area contributed by atoms with Gasteiger partial charge in [0.25, 0.3) is 0 Å². The van der Waals surface area contributed by atoms with Crippen LogP contribution in [0, 0.1) is 0 Å². The highest BCUT2D eigenvalue weighted by Gasteiger charge is 2.02. The van der Waals surface area contributed by atoms with Crippen LogP contribution in [-0.2, 0) is 0 Å². The molecule has 1 aromatic heterocycles. The van der Waals surface area contributed by atoms with Gasteiger partial charge in [-0.05, 0) is 38.3 Å². The molecule has 1 unspecified atom stereocenters. The Balaban J connectivity index is 1.91. The standard InChI is InChI=1S/C15H20N2O/c1-12(16)6-2-3-11-18-14-9-4-7-13-8-5-10-17-15(13)14/h4-5,7-10,12H,2-3,6,11,16H2,1H3. The molecule has 0 aliphatic heterocycles. The molecule has 0 fully saturated rings. The minimum atomic E-state index is 0.282. The Labute approximate surface area is 108 Å². The summed E-state index contributed by atoms with van der Waals surface area (Å²) in [4.78, 5) is 4.36. The van der Waals surface area contributed by atoms with E-state index in [2.05, 4.69) is 4.98 Å². The van der Waals surface area contributed by atoms with Gasteiger partial charge in [0.1, 0.15) is 11.3 Å². The lowest BCUT2D eigenvalue weighted by atomic mass is 10.1. The maximum Gasteiger partial charge on any atom is 0.145 e. The van der Waals surface area contributed by atoms with Crippen LogP contribution in [-0.4, -0.2) is 17.6 Å². The van der Waals surface area contributed by atoms with Crippen LogP contribution < -0.4 is 10.5 Å². The molecule has 0 bridgehead atoms. The second kappa shape index (κ2) is 6.36. The Morgan fingerprint density at radius 2 is 2.06 bits per heavy atom. The second-order valence-corrected chi connectivity index (χ2v) is 4.65. The SMILES string of the molecule is CC(N)CCCCOc1cccc2cccnc12. The summed E-state index contributed by atoms with van der Waals surface area (Å²) in [6, 6.07) is 10.3. The van der Waals surface area contributed by atoms with E-state index >= 15 is 0 Å². The fourth-order valence-corrected chi connectivity index (χ4v) is 1.94. The number of hydrogen-bond donors (Lipinski definition) is 1. The van der Waals surface area contributed by atoms with Crippen molar-refractivity contribution in [1.82, 2.24) is 4.98 Å². The van der Waals surface area contributed by atoms with Crippen molar-refractivity contribution < 1.29 is 4.74 Å². The predicted molar refractivity (Wildman–Crippen MR) is 74.7 cm³/mol. The zero-order valence-electron chi connectivity index (χ0n) is 10.8. The summed E-state index contributed by atoms with van der Waals surface area (Å²) in [7, 11) is 0. The molecule has 0 saturated carbocycles. The number of rotatable bonds is 6. The molecule has 18 heavy (non-hydrogen) atoms. The average Bonchev–Trinajstić information content (AvgIpc) is 2.38. The van der Waals surface area contributed by atoms with Crippen LogP contribution in [0.25, 0.3) is 10.9 Å². The molecule has 3 nitrogen and oxygen atoms in total. The Morgan fingerprint density at radius 3 is 2.89 bits per heavy atom. The topological polar surface area (TPSA) is 48.1 Å². The van der Waals surface area contributed by atoms with Crippen molar-refractivity contribution in [1.29, 1.82) is 0 Å².